The molecule has 0 bridgehead atoms. The van der Waals surface area contributed by atoms with Gasteiger partial charge in [0, 0.05) is 6.04 Å². The molecule has 2 nitrogen and oxygen atoms in total. The Kier molecular flexibility index (Phi) is 1.37. The molecule has 0 spiro atoms. The Morgan fingerprint density at radius 1 is 1.36 bits per heavy atom. The van der Waals surface area contributed by atoms with Crippen molar-refractivity contribution in [2.45, 2.75) is 24.8 Å². The highest BCUT2D eigenvalue weighted by Crippen LogP contribution is 2.59. The largest absolute Gasteiger partial charge is 0.353 e. The fourth-order valence-corrected chi connectivity index (χ4v) is 2.79. The highest BCUT2D eigenvalue weighted by Gasteiger charge is 2.67. The fraction of sp³-hybridized carbons (Fsp3) is 0.417. The lowest BCUT2D eigenvalue weighted by Crippen LogP contribution is -2.31. The van der Waals surface area contributed by atoms with Crippen LogP contribution < -0.4 is 5.32 Å². The normalized spacial score (nSPS) is 39.1. The first-order chi connectivity index (χ1) is 6.75. The van der Waals surface area contributed by atoms with Gasteiger partial charge in [0.05, 0.1) is 5.41 Å². The maximum Gasteiger partial charge on any atom is 0.231 e. The van der Waals surface area contributed by atoms with E-state index >= 15 is 0 Å². The summed E-state index contributed by atoms with van der Waals surface area (Å²) in [5.74, 6) is 0.749. The number of hydrogen-bond acceptors (Lipinski definition) is 1. The molecule has 1 aliphatic carbocycles. The van der Waals surface area contributed by atoms with E-state index in [9.17, 15) is 4.79 Å². The molecule has 2 fully saturated rings. The Labute approximate surface area is 83.3 Å². The van der Waals surface area contributed by atoms with Crippen LogP contribution in [0, 0.1) is 5.92 Å². The van der Waals surface area contributed by atoms with Crippen LogP contribution in [-0.2, 0) is 10.2 Å². The SMILES string of the molecule is CC1NC(=O)C2(c3ccccc3)CC12. The summed E-state index contributed by atoms with van der Waals surface area (Å²) in [6, 6.07) is 10.5. The minimum atomic E-state index is -0.166. The number of hydrogen-bond donors (Lipinski definition) is 1. The molecule has 3 atom stereocenters. The first-order valence-corrected chi connectivity index (χ1v) is 5.11. The molecule has 1 saturated heterocycles. The Bertz CT molecular complexity index is 387. The van der Waals surface area contributed by atoms with Crippen LogP contribution in [-0.4, -0.2) is 11.9 Å². The number of carbonyl (C=O) groups is 1. The van der Waals surface area contributed by atoms with Crippen molar-refractivity contribution >= 4 is 5.91 Å². The van der Waals surface area contributed by atoms with Crippen LogP contribution >= 0.6 is 0 Å². The first kappa shape index (κ1) is 8.04. The van der Waals surface area contributed by atoms with Crippen molar-refractivity contribution < 1.29 is 4.79 Å². The summed E-state index contributed by atoms with van der Waals surface area (Å²) >= 11 is 0. The third kappa shape index (κ3) is 0.788. The van der Waals surface area contributed by atoms with Crippen LogP contribution in [0.3, 0.4) is 0 Å². The van der Waals surface area contributed by atoms with Crippen molar-refractivity contribution in [3.8, 4) is 0 Å². The van der Waals surface area contributed by atoms with E-state index in [1.807, 2.05) is 18.2 Å². The van der Waals surface area contributed by atoms with E-state index in [0.717, 1.165) is 6.42 Å². The van der Waals surface area contributed by atoms with Crippen LogP contribution in [0.25, 0.3) is 0 Å². The second-order valence-electron chi connectivity index (χ2n) is 4.41. The van der Waals surface area contributed by atoms with Gasteiger partial charge in [-0.2, -0.15) is 0 Å². The number of piperidine rings is 1. The molecule has 1 amide bonds. The number of fused-ring (bicyclic) bond motifs is 1. The highest BCUT2D eigenvalue weighted by molar-refractivity contribution is 5.95. The maximum absolute atomic E-state index is 11.8. The van der Waals surface area contributed by atoms with E-state index in [4.69, 9.17) is 0 Å². The summed E-state index contributed by atoms with van der Waals surface area (Å²) < 4.78 is 0. The zero-order chi connectivity index (χ0) is 9.76. The predicted molar refractivity (Wildman–Crippen MR) is 53.8 cm³/mol. The lowest BCUT2D eigenvalue weighted by molar-refractivity contribution is -0.122. The lowest BCUT2D eigenvalue weighted by Gasteiger charge is -2.09. The zero-order valence-corrected chi connectivity index (χ0v) is 8.16. The van der Waals surface area contributed by atoms with Crippen molar-refractivity contribution in [3.05, 3.63) is 35.9 Å². The molecule has 1 aromatic carbocycles. The Morgan fingerprint density at radius 2 is 2.07 bits per heavy atom. The molecule has 14 heavy (non-hydrogen) atoms. The lowest BCUT2D eigenvalue weighted by atomic mass is 9.94. The Balaban J connectivity index is 2.05. The van der Waals surface area contributed by atoms with Gasteiger partial charge >= 0.3 is 0 Å². The van der Waals surface area contributed by atoms with Gasteiger partial charge in [-0.15, -0.1) is 0 Å². The number of rotatable bonds is 1. The average molecular weight is 187 g/mol. The number of carbonyl (C=O) groups excluding carboxylic acids is 1. The first-order valence-electron chi connectivity index (χ1n) is 5.11. The van der Waals surface area contributed by atoms with Crippen LogP contribution in [0.1, 0.15) is 18.9 Å². The summed E-state index contributed by atoms with van der Waals surface area (Å²) in [6.45, 7) is 2.10. The van der Waals surface area contributed by atoms with E-state index in [0.29, 0.717) is 12.0 Å². The highest BCUT2D eigenvalue weighted by atomic mass is 16.2. The van der Waals surface area contributed by atoms with Gasteiger partial charge in [-0.05, 0) is 24.8 Å². The van der Waals surface area contributed by atoms with Gasteiger partial charge in [0.25, 0.3) is 0 Å². The van der Waals surface area contributed by atoms with Crippen molar-refractivity contribution in [2.24, 2.45) is 5.92 Å². The number of nitrogens with one attached hydrogen (secondary N) is 1. The minimum absolute atomic E-state index is 0.166. The second kappa shape index (κ2) is 2.38. The van der Waals surface area contributed by atoms with Crippen LogP contribution in [0.5, 0.6) is 0 Å². The summed E-state index contributed by atoms with van der Waals surface area (Å²) in [4.78, 5) is 11.8. The quantitative estimate of drug-likeness (QED) is 0.708. The maximum atomic E-state index is 11.8. The molecule has 2 aliphatic rings. The van der Waals surface area contributed by atoms with E-state index < -0.39 is 0 Å². The van der Waals surface area contributed by atoms with Crippen molar-refractivity contribution in [3.63, 3.8) is 0 Å². The molecule has 72 valence electrons. The van der Waals surface area contributed by atoms with E-state index in [-0.39, 0.29) is 11.3 Å². The van der Waals surface area contributed by atoms with Gasteiger partial charge in [0.2, 0.25) is 5.91 Å². The summed E-state index contributed by atoms with van der Waals surface area (Å²) in [6.07, 6.45) is 1.03. The van der Waals surface area contributed by atoms with Crippen LogP contribution in [0.2, 0.25) is 0 Å². The zero-order valence-electron chi connectivity index (χ0n) is 8.16. The van der Waals surface area contributed by atoms with Gasteiger partial charge < -0.3 is 5.32 Å². The summed E-state index contributed by atoms with van der Waals surface area (Å²) in [7, 11) is 0. The molecule has 1 saturated carbocycles. The summed E-state index contributed by atoms with van der Waals surface area (Å²) in [5, 5.41) is 3.02. The summed E-state index contributed by atoms with van der Waals surface area (Å²) in [5.41, 5.74) is 1.02. The molecule has 1 N–H and O–H groups in total. The van der Waals surface area contributed by atoms with E-state index in [1.54, 1.807) is 0 Å². The van der Waals surface area contributed by atoms with Gasteiger partial charge in [-0.1, -0.05) is 30.3 Å². The topological polar surface area (TPSA) is 29.1 Å². The Hall–Kier alpha value is -1.31. The number of benzene rings is 1. The fourth-order valence-electron chi connectivity index (χ4n) is 2.79. The average Bonchev–Trinajstić information content (AvgIpc) is 2.90. The third-order valence-corrected chi connectivity index (χ3v) is 3.67. The molecular weight excluding hydrogens is 174 g/mol. The second-order valence-corrected chi connectivity index (χ2v) is 4.41. The Morgan fingerprint density at radius 3 is 2.57 bits per heavy atom. The third-order valence-electron chi connectivity index (χ3n) is 3.67. The van der Waals surface area contributed by atoms with Gasteiger partial charge in [-0.3, -0.25) is 4.79 Å². The number of amides is 1. The van der Waals surface area contributed by atoms with Crippen molar-refractivity contribution in [1.29, 1.82) is 0 Å². The molecular formula is C12H13NO. The minimum Gasteiger partial charge on any atom is -0.353 e. The van der Waals surface area contributed by atoms with Crippen molar-refractivity contribution in [1.82, 2.24) is 5.32 Å². The molecule has 1 heterocycles. The van der Waals surface area contributed by atoms with Gasteiger partial charge in [0.1, 0.15) is 0 Å². The molecule has 0 radical (unpaired) electrons. The van der Waals surface area contributed by atoms with E-state index in [1.165, 1.54) is 5.56 Å². The molecule has 1 aliphatic heterocycles. The van der Waals surface area contributed by atoms with Crippen LogP contribution in [0.4, 0.5) is 0 Å². The molecule has 3 unspecified atom stereocenters. The predicted octanol–water partition coefficient (Wildman–Crippen LogP) is 1.46. The molecule has 1 aromatic rings. The standard InChI is InChI=1S/C12H13NO/c1-8-10-7-12(10,11(14)13-8)9-5-3-2-4-6-9/h2-6,8,10H,7H2,1H3,(H,13,14). The monoisotopic (exact) mass is 187 g/mol. The smallest absolute Gasteiger partial charge is 0.231 e. The van der Waals surface area contributed by atoms with Crippen LogP contribution in [0.15, 0.2) is 30.3 Å². The molecule has 3 rings (SSSR count). The van der Waals surface area contributed by atoms with Crippen molar-refractivity contribution in [2.75, 3.05) is 0 Å². The van der Waals surface area contributed by atoms with Gasteiger partial charge in [0.15, 0.2) is 0 Å². The van der Waals surface area contributed by atoms with Gasteiger partial charge in [-0.25, -0.2) is 0 Å². The molecule has 2 heteroatoms. The van der Waals surface area contributed by atoms with E-state index in [2.05, 4.69) is 24.4 Å². The molecule has 0 aromatic heterocycles.